The fraction of sp³-hybridized carbons (Fsp3) is 0.435. The average molecular weight is 403 g/mol. The number of hydrogen-bond acceptors (Lipinski definition) is 6. The third kappa shape index (κ3) is 3.97. The molecule has 2 aliphatic carbocycles. The zero-order valence-electron chi connectivity index (χ0n) is 16.9. The van der Waals surface area contributed by atoms with E-state index in [-0.39, 0.29) is 11.6 Å². The predicted molar refractivity (Wildman–Crippen MR) is 115 cm³/mol. The van der Waals surface area contributed by atoms with Crippen LogP contribution in [0.25, 0.3) is 11.3 Å². The topological polar surface area (TPSA) is 85.6 Å². The molecular weight excluding hydrogens is 376 g/mol. The monoisotopic (exact) mass is 402 g/mol. The second-order valence-electron chi connectivity index (χ2n) is 8.32. The fourth-order valence-electron chi connectivity index (χ4n) is 4.35. The number of anilines is 1. The van der Waals surface area contributed by atoms with Gasteiger partial charge in [0.2, 0.25) is 0 Å². The van der Waals surface area contributed by atoms with Crippen LogP contribution in [0.3, 0.4) is 0 Å². The SMILES string of the molecule is O=c1ccc(-c2cccnc2)nn1C1CCC(Nc2ccnc(C3CCC3)n2)CC1. The smallest absolute Gasteiger partial charge is 0.267 e. The minimum Gasteiger partial charge on any atom is -0.367 e. The molecule has 5 rings (SSSR count). The van der Waals surface area contributed by atoms with Crippen LogP contribution in [0.2, 0.25) is 0 Å². The molecule has 0 radical (unpaired) electrons. The minimum atomic E-state index is -0.0417. The molecule has 3 aromatic heterocycles. The van der Waals surface area contributed by atoms with E-state index in [1.165, 1.54) is 19.3 Å². The third-order valence-corrected chi connectivity index (χ3v) is 6.32. The molecule has 7 nitrogen and oxygen atoms in total. The first-order valence-electron chi connectivity index (χ1n) is 10.9. The molecule has 0 aromatic carbocycles. The summed E-state index contributed by atoms with van der Waals surface area (Å²) in [6, 6.07) is 9.68. The summed E-state index contributed by atoms with van der Waals surface area (Å²) in [6.45, 7) is 0. The van der Waals surface area contributed by atoms with E-state index >= 15 is 0 Å². The number of pyridine rings is 1. The van der Waals surface area contributed by atoms with E-state index in [4.69, 9.17) is 4.98 Å². The van der Waals surface area contributed by atoms with Crippen molar-refractivity contribution in [2.75, 3.05) is 5.32 Å². The number of rotatable bonds is 5. The number of nitrogens with one attached hydrogen (secondary N) is 1. The van der Waals surface area contributed by atoms with Gasteiger partial charge in [0.25, 0.3) is 5.56 Å². The van der Waals surface area contributed by atoms with Gasteiger partial charge in [-0.3, -0.25) is 9.78 Å². The average Bonchev–Trinajstić information content (AvgIpc) is 2.75. The Balaban J connectivity index is 1.25. The first-order valence-corrected chi connectivity index (χ1v) is 10.9. The maximum Gasteiger partial charge on any atom is 0.267 e. The van der Waals surface area contributed by atoms with Gasteiger partial charge in [0.1, 0.15) is 11.6 Å². The summed E-state index contributed by atoms with van der Waals surface area (Å²) >= 11 is 0. The van der Waals surface area contributed by atoms with Gasteiger partial charge in [-0.2, -0.15) is 5.10 Å². The van der Waals surface area contributed by atoms with Crippen molar-refractivity contribution in [3.05, 3.63) is 65.1 Å². The van der Waals surface area contributed by atoms with Crippen LogP contribution < -0.4 is 10.9 Å². The number of aromatic nitrogens is 5. The summed E-state index contributed by atoms with van der Waals surface area (Å²) in [5.41, 5.74) is 1.67. The van der Waals surface area contributed by atoms with Gasteiger partial charge in [-0.25, -0.2) is 14.6 Å². The molecule has 30 heavy (non-hydrogen) atoms. The zero-order chi connectivity index (χ0) is 20.3. The maximum atomic E-state index is 12.5. The van der Waals surface area contributed by atoms with E-state index in [1.807, 2.05) is 24.4 Å². The van der Waals surface area contributed by atoms with Gasteiger partial charge in [-0.05, 0) is 62.8 Å². The molecule has 1 N–H and O–H groups in total. The van der Waals surface area contributed by atoms with E-state index in [0.717, 1.165) is 48.6 Å². The molecule has 7 heteroatoms. The Bertz CT molecular complexity index is 1050. The Morgan fingerprint density at radius 2 is 1.83 bits per heavy atom. The molecule has 2 aliphatic rings. The molecule has 0 spiro atoms. The van der Waals surface area contributed by atoms with Crippen molar-refractivity contribution in [3.63, 3.8) is 0 Å². The van der Waals surface area contributed by atoms with E-state index < -0.39 is 0 Å². The molecule has 3 aromatic rings. The van der Waals surface area contributed by atoms with Gasteiger partial charge in [0.05, 0.1) is 11.7 Å². The van der Waals surface area contributed by atoms with Crippen molar-refractivity contribution in [1.29, 1.82) is 0 Å². The summed E-state index contributed by atoms with van der Waals surface area (Å²) in [7, 11) is 0. The molecule has 0 atom stereocenters. The van der Waals surface area contributed by atoms with Crippen molar-refractivity contribution < 1.29 is 0 Å². The van der Waals surface area contributed by atoms with Crippen molar-refractivity contribution in [2.24, 2.45) is 0 Å². The highest BCUT2D eigenvalue weighted by molar-refractivity contribution is 5.56. The second kappa shape index (κ2) is 8.34. The highest BCUT2D eigenvalue weighted by Gasteiger charge is 2.25. The Morgan fingerprint density at radius 1 is 0.967 bits per heavy atom. The van der Waals surface area contributed by atoms with Crippen LogP contribution in [0.15, 0.2) is 53.7 Å². The van der Waals surface area contributed by atoms with Crippen LogP contribution in [0, 0.1) is 0 Å². The Labute approximate surface area is 175 Å². The van der Waals surface area contributed by atoms with Crippen molar-refractivity contribution in [2.45, 2.75) is 62.9 Å². The maximum absolute atomic E-state index is 12.5. The van der Waals surface area contributed by atoms with Crippen LogP contribution in [0.5, 0.6) is 0 Å². The van der Waals surface area contributed by atoms with Crippen molar-refractivity contribution in [1.82, 2.24) is 24.7 Å². The van der Waals surface area contributed by atoms with Crippen LogP contribution in [0.1, 0.15) is 62.7 Å². The lowest BCUT2D eigenvalue weighted by molar-refractivity contribution is 0.304. The van der Waals surface area contributed by atoms with E-state index in [9.17, 15) is 4.79 Å². The zero-order valence-corrected chi connectivity index (χ0v) is 16.9. The van der Waals surface area contributed by atoms with E-state index in [2.05, 4.69) is 20.4 Å². The first-order chi connectivity index (χ1) is 14.8. The predicted octanol–water partition coefficient (Wildman–Crippen LogP) is 3.96. The Morgan fingerprint density at radius 3 is 2.57 bits per heavy atom. The molecular formula is C23H26N6O. The largest absolute Gasteiger partial charge is 0.367 e. The summed E-state index contributed by atoms with van der Waals surface area (Å²) in [4.78, 5) is 25.8. The summed E-state index contributed by atoms with van der Waals surface area (Å²) < 4.78 is 1.66. The normalized spacial score (nSPS) is 21.7. The fourth-order valence-corrected chi connectivity index (χ4v) is 4.35. The van der Waals surface area contributed by atoms with Gasteiger partial charge >= 0.3 is 0 Å². The van der Waals surface area contributed by atoms with Gasteiger partial charge in [0, 0.05) is 42.2 Å². The molecule has 2 fully saturated rings. The van der Waals surface area contributed by atoms with Crippen LogP contribution in [-0.2, 0) is 0 Å². The second-order valence-corrected chi connectivity index (χ2v) is 8.32. The molecule has 0 unspecified atom stereocenters. The highest BCUT2D eigenvalue weighted by atomic mass is 16.1. The third-order valence-electron chi connectivity index (χ3n) is 6.32. The van der Waals surface area contributed by atoms with E-state index in [0.29, 0.717) is 12.0 Å². The molecule has 3 heterocycles. The minimum absolute atomic E-state index is 0.0417. The van der Waals surface area contributed by atoms with Gasteiger partial charge < -0.3 is 5.32 Å². The Kier molecular flexibility index (Phi) is 5.26. The van der Waals surface area contributed by atoms with E-state index in [1.54, 1.807) is 29.2 Å². The molecule has 0 saturated heterocycles. The Hall–Kier alpha value is -3.09. The lowest BCUT2D eigenvalue weighted by Crippen LogP contribution is -2.33. The first kappa shape index (κ1) is 18.9. The van der Waals surface area contributed by atoms with Crippen LogP contribution in [-0.4, -0.2) is 30.8 Å². The number of hydrogen-bond donors (Lipinski definition) is 1. The van der Waals surface area contributed by atoms with Crippen molar-refractivity contribution in [3.8, 4) is 11.3 Å². The molecule has 0 aliphatic heterocycles. The van der Waals surface area contributed by atoms with Gasteiger partial charge in [-0.15, -0.1) is 0 Å². The highest BCUT2D eigenvalue weighted by Crippen LogP contribution is 2.35. The quantitative estimate of drug-likeness (QED) is 0.695. The molecule has 154 valence electrons. The van der Waals surface area contributed by atoms with Gasteiger partial charge in [-0.1, -0.05) is 6.42 Å². The van der Waals surface area contributed by atoms with Gasteiger partial charge in [0.15, 0.2) is 0 Å². The standard InChI is InChI=1S/C23H26N6O/c30-22-11-10-20(17-5-2-13-24-15-17)28-29(22)19-8-6-18(7-9-19)26-21-12-14-25-23(27-21)16-3-1-4-16/h2,5,10-16,18-19H,1,3-4,6-9H2,(H,25,26,27). The van der Waals surface area contributed by atoms with Crippen LogP contribution in [0.4, 0.5) is 5.82 Å². The van der Waals surface area contributed by atoms with Crippen LogP contribution >= 0.6 is 0 Å². The number of nitrogens with zero attached hydrogens (tertiary/aromatic N) is 5. The lowest BCUT2D eigenvalue weighted by Gasteiger charge is -2.30. The summed E-state index contributed by atoms with van der Waals surface area (Å²) in [5.74, 6) is 2.43. The summed E-state index contributed by atoms with van der Waals surface area (Å²) in [6.07, 6.45) is 12.9. The molecule has 2 saturated carbocycles. The van der Waals surface area contributed by atoms with Crippen molar-refractivity contribution >= 4 is 5.82 Å². The summed E-state index contributed by atoms with van der Waals surface area (Å²) in [5, 5.41) is 8.23. The lowest BCUT2D eigenvalue weighted by atomic mass is 9.85. The molecule has 0 amide bonds. The molecule has 0 bridgehead atoms.